The number of cyclic esters (lactones) is 2. The van der Waals surface area contributed by atoms with Crippen LogP contribution in [0.15, 0.2) is 0 Å². The Kier molecular flexibility index (Phi) is 5.75. The number of rotatable bonds is 6. The summed E-state index contributed by atoms with van der Waals surface area (Å²) in [6.07, 6.45) is -0.0566. The zero-order chi connectivity index (χ0) is 13.7. The van der Waals surface area contributed by atoms with Crippen molar-refractivity contribution in [3.63, 3.8) is 0 Å². The highest BCUT2D eigenvalue weighted by molar-refractivity contribution is 5.91. The van der Waals surface area contributed by atoms with Gasteiger partial charge in [0.2, 0.25) is 0 Å². The standard InChI is InChI=1S/C13H22O5/c1-5-16-8(3)10-7-11(9(4)17-6-2)13(15)18-12(10)14/h8-11H,5-7H2,1-4H3. The maximum absolute atomic E-state index is 11.7. The molecule has 1 aliphatic rings. The molecular formula is C13H22O5. The molecular weight excluding hydrogens is 236 g/mol. The molecule has 0 aromatic heterocycles. The lowest BCUT2D eigenvalue weighted by Crippen LogP contribution is -2.44. The topological polar surface area (TPSA) is 61.8 Å². The summed E-state index contributed by atoms with van der Waals surface area (Å²) in [6.45, 7) is 8.46. The Hall–Kier alpha value is -0.940. The van der Waals surface area contributed by atoms with Crippen molar-refractivity contribution in [2.24, 2.45) is 11.8 Å². The summed E-state index contributed by atoms with van der Waals surface area (Å²) in [5.74, 6) is -1.76. The van der Waals surface area contributed by atoms with Crippen LogP contribution in [-0.4, -0.2) is 37.4 Å². The van der Waals surface area contributed by atoms with Crippen LogP contribution in [0.4, 0.5) is 0 Å². The molecule has 0 spiro atoms. The molecule has 1 aliphatic heterocycles. The molecule has 0 N–H and O–H groups in total. The summed E-state index contributed by atoms with van der Waals surface area (Å²) in [7, 11) is 0. The summed E-state index contributed by atoms with van der Waals surface area (Å²) in [5.41, 5.74) is 0. The first-order valence-electron chi connectivity index (χ1n) is 6.49. The molecule has 0 radical (unpaired) electrons. The van der Waals surface area contributed by atoms with E-state index in [4.69, 9.17) is 14.2 Å². The van der Waals surface area contributed by atoms with Crippen LogP contribution in [-0.2, 0) is 23.8 Å². The van der Waals surface area contributed by atoms with Gasteiger partial charge in [-0.15, -0.1) is 0 Å². The van der Waals surface area contributed by atoms with Crippen LogP contribution in [0.2, 0.25) is 0 Å². The second-order valence-electron chi connectivity index (χ2n) is 4.51. The Balaban J connectivity index is 2.71. The van der Waals surface area contributed by atoms with Gasteiger partial charge < -0.3 is 14.2 Å². The number of hydrogen-bond acceptors (Lipinski definition) is 5. The van der Waals surface area contributed by atoms with Gasteiger partial charge in [-0.25, -0.2) is 0 Å². The largest absolute Gasteiger partial charge is 0.393 e. The van der Waals surface area contributed by atoms with Gasteiger partial charge in [0, 0.05) is 13.2 Å². The third-order valence-corrected chi connectivity index (χ3v) is 3.31. The van der Waals surface area contributed by atoms with E-state index in [0.29, 0.717) is 19.6 Å². The van der Waals surface area contributed by atoms with Crippen LogP contribution in [0.25, 0.3) is 0 Å². The molecule has 1 rings (SSSR count). The lowest BCUT2D eigenvalue weighted by Gasteiger charge is -2.32. The second-order valence-corrected chi connectivity index (χ2v) is 4.51. The molecule has 4 atom stereocenters. The van der Waals surface area contributed by atoms with Crippen molar-refractivity contribution >= 4 is 11.9 Å². The number of carbonyl (C=O) groups is 2. The number of hydrogen-bond donors (Lipinski definition) is 0. The summed E-state index contributed by atoms with van der Waals surface area (Å²) in [4.78, 5) is 23.4. The Labute approximate surface area is 108 Å². The van der Waals surface area contributed by atoms with E-state index in [9.17, 15) is 9.59 Å². The molecule has 0 bridgehead atoms. The molecule has 0 saturated carbocycles. The van der Waals surface area contributed by atoms with Crippen molar-refractivity contribution in [3.8, 4) is 0 Å². The van der Waals surface area contributed by atoms with Crippen molar-refractivity contribution in [3.05, 3.63) is 0 Å². The fourth-order valence-electron chi connectivity index (χ4n) is 2.24. The molecule has 0 aromatic rings. The minimum absolute atomic E-state index is 0.244. The van der Waals surface area contributed by atoms with E-state index >= 15 is 0 Å². The Morgan fingerprint density at radius 3 is 1.78 bits per heavy atom. The van der Waals surface area contributed by atoms with Gasteiger partial charge in [-0.1, -0.05) is 0 Å². The van der Waals surface area contributed by atoms with Crippen LogP contribution in [0, 0.1) is 11.8 Å². The second kappa shape index (κ2) is 6.85. The monoisotopic (exact) mass is 258 g/mol. The number of ether oxygens (including phenoxy) is 3. The van der Waals surface area contributed by atoms with E-state index < -0.39 is 23.8 Å². The van der Waals surface area contributed by atoms with Gasteiger partial charge in [0.05, 0.1) is 24.0 Å². The first kappa shape index (κ1) is 15.1. The van der Waals surface area contributed by atoms with E-state index in [1.807, 2.05) is 27.7 Å². The van der Waals surface area contributed by atoms with Crippen molar-refractivity contribution in [1.29, 1.82) is 0 Å². The molecule has 104 valence electrons. The lowest BCUT2D eigenvalue weighted by atomic mass is 9.85. The predicted octanol–water partition coefficient (Wildman–Crippen LogP) is 1.54. The fourth-order valence-corrected chi connectivity index (χ4v) is 2.24. The zero-order valence-electron chi connectivity index (χ0n) is 11.5. The zero-order valence-corrected chi connectivity index (χ0v) is 11.5. The van der Waals surface area contributed by atoms with Crippen molar-refractivity contribution < 1.29 is 23.8 Å². The molecule has 4 unspecified atom stereocenters. The minimum Gasteiger partial charge on any atom is -0.393 e. The average Bonchev–Trinajstić information content (AvgIpc) is 2.29. The van der Waals surface area contributed by atoms with Crippen LogP contribution >= 0.6 is 0 Å². The van der Waals surface area contributed by atoms with E-state index in [1.165, 1.54) is 0 Å². The minimum atomic E-state index is -0.485. The highest BCUT2D eigenvalue weighted by Crippen LogP contribution is 2.29. The quantitative estimate of drug-likeness (QED) is 0.534. The molecule has 5 nitrogen and oxygen atoms in total. The lowest BCUT2D eigenvalue weighted by molar-refractivity contribution is -0.180. The van der Waals surface area contributed by atoms with Gasteiger partial charge in [0.1, 0.15) is 0 Å². The fraction of sp³-hybridized carbons (Fsp3) is 0.846. The third kappa shape index (κ3) is 3.53. The van der Waals surface area contributed by atoms with Gasteiger partial charge in [0.25, 0.3) is 0 Å². The first-order valence-corrected chi connectivity index (χ1v) is 6.49. The van der Waals surface area contributed by atoms with Gasteiger partial charge in [0.15, 0.2) is 0 Å². The molecule has 1 fully saturated rings. The first-order chi connectivity index (χ1) is 8.51. The molecule has 0 aliphatic carbocycles. The van der Waals surface area contributed by atoms with Gasteiger partial charge in [-0.05, 0) is 34.1 Å². The molecule has 1 saturated heterocycles. The van der Waals surface area contributed by atoms with E-state index in [1.54, 1.807) is 0 Å². The normalized spacial score (nSPS) is 27.8. The smallest absolute Gasteiger partial charge is 0.319 e. The van der Waals surface area contributed by atoms with Crippen molar-refractivity contribution in [1.82, 2.24) is 0 Å². The molecule has 5 heteroatoms. The number of carbonyl (C=O) groups excluding carboxylic acids is 2. The molecule has 0 amide bonds. The summed E-state index contributed by atoms with van der Waals surface area (Å²) >= 11 is 0. The van der Waals surface area contributed by atoms with Crippen LogP contribution in [0.1, 0.15) is 34.1 Å². The van der Waals surface area contributed by atoms with E-state index in [-0.39, 0.29) is 12.2 Å². The maximum atomic E-state index is 11.7. The van der Waals surface area contributed by atoms with Gasteiger partial charge in [-0.3, -0.25) is 9.59 Å². The Bertz CT molecular complexity index is 274. The van der Waals surface area contributed by atoms with Crippen molar-refractivity contribution in [2.75, 3.05) is 13.2 Å². The van der Waals surface area contributed by atoms with Gasteiger partial charge in [-0.2, -0.15) is 0 Å². The maximum Gasteiger partial charge on any atom is 0.319 e. The Morgan fingerprint density at radius 2 is 1.44 bits per heavy atom. The summed E-state index contributed by atoms with van der Waals surface area (Å²) in [5, 5.41) is 0. The van der Waals surface area contributed by atoms with Crippen LogP contribution in [0.3, 0.4) is 0 Å². The van der Waals surface area contributed by atoms with Crippen molar-refractivity contribution in [2.45, 2.75) is 46.3 Å². The van der Waals surface area contributed by atoms with Crippen LogP contribution < -0.4 is 0 Å². The Morgan fingerprint density at radius 1 is 1.06 bits per heavy atom. The molecule has 18 heavy (non-hydrogen) atoms. The molecule has 1 heterocycles. The highest BCUT2D eigenvalue weighted by atomic mass is 16.6. The number of esters is 2. The third-order valence-electron chi connectivity index (χ3n) is 3.31. The average molecular weight is 258 g/mol. The highest BCUT2D eigenvalue weighted by Gasteiger charge is 2.42. The predicted molar refractivity (Wildman–Crippen MR) is 64.9 cm³/mol. The van der Waals surface area contributed by atoms with Crippen LogP contribution in [0.5, 0.6) is 0 Å². The van der Waals surface area contributed by atoms with E-state index in [2.05, 4.69) is 0 Å². The van der Waals surface area contributed by atoms with Gasteiger partial charge >= 0.3 is 11.9 Å². The summed E-state index contributed by atoms with van der Waals surface area (Å²) in [6, 6.07) is 0. The van der Waals surface area contributed by atoms with E-state index in [0.717, 1.165) is 0 Å². The SMILES string of the molecule is CCOC(C)C1CC(C(C)OCC)C(=O)OC1=O. The summed E-state index contributed by atoms with van der Waals surface area (Å²) < 4.78 is 15.7. The molecule has 0 aromatic carbocycles.